The lowest BCUT2D eigenvalue weighted by Gasteiger charge is -2.02. The summed E-state index contributed by atoms with van der Waals surface area (Å²) in [6.07, 6.45) is 0. The van der Waals surface area contributed by atoms with Gasteiger partial charge >= 0.3 is 0 Å². The minimum Gasteiger partial charge on any atom is -0.259 e. The van der Waals surface area contributed by atoms with E-state index in [2.05, 4.69) is 18.8 Å². The molecular formula is C14H16ClNOS2. The van der Waals surface area contributed by atoms with Crippen molar-refractivity contribution >= 4 is 33.7 Å². The first-order chi connectivity index (χ1) is 9.04. The first-order valence-corrected chi connectivity index (χ1v) is 8.83. The third-order valence-corrected chi connectivity index (χ3v) is 5.29. The monoisotopic (exact) mass is 313 g/mol. The predicted molar refractivity (Wildman–Crippen MR) is 83.2 cm³/mol. The molecule has 102 valence electrons. The maximum Gasteiger partial charge on any atom is 0.0954 e. The summed E-state index contributed by atoms with van der Waals surface area (Å²) in [5, 5.41) is 3.80. The first kappa shape index (κ1) is 14.7. The smallest absolute Gasteiger partial charge is 0.0954 e. The Kier molecular flexibility index (Phi) is 5.13. The zero-order valence-corrected chi connectivity index (χ0v) is 13.3. The predicted octanol–water partition coefficient (Wildman–Crippen LogP) is 4.37. The van der Waals surface area contributed by atoms with Crippen molar-refractivity contribution in [3.05, 3.63) is 50.9 Å². The van der Waals surface area contributed by atoms with Crippen LogP contribution in [0.2, 0.25) is 5.02 Å². The van der Waals surface area contributed by atoms with Gasteiger partial charge in [0.15, 0.2) is 0 Å². The van der Waals surface area contributed by atoms with Gasteiger partial charge in [-0.05, 0) is 17.7 Å². The zero-order chi connectivity index (χ0) is 13.8. The summed E-state index contributed by atoms with van der Waals surface area (Å²) in [4.78, 5) is 4.51. The molecule has 19 heavy (non-hydrogen) atoms. The van der Waals surface area contributed by atoms with E-state index in [4.69, 9.17) is 11.6 Å². The Morgan fingerprint density at radius 2 is 2.16 bits per heavy atom. The van der Waals surface area contributed by atoms with Crippen molar-refractivity contribution in [1.82, 2.24) is 4.98 Å². The van der Waals surface area contributed by atoms with Crippen LogP contribution in [0.5, 0.6) is 0 Å². The summed E-state index contributed by atoms with van der Waals surface area (Å²) in [6, 6.07) is 7.52. The Bertz CT molecular complexity index is 580. The van der Waals surface area contributed by atoms with Crippen LogP contribution in [0.1, 0.15) is 36.0 Å². The second kappa shape index (κ2) is 6.64. The van der Waals surface area contributed by atoms with Crippen molar-refractivity contribution in [2.75, 3.05) is 0 Å². The lowest BCUT2D eigenvalue weighted by Crippen LogP contribution is -2.00. The van der Waals surface area contributed by atoms with Gasteiger partial charge in [0.05, 0.1) is 16.5 Å². The Balaban J connectivity index is 1.97. The van der Waals surface area contributed by atoms with E-state index in [1.807, 2.05) is 29.6 Å². The van der Waals surface area contributed by atoms with Crippen LogP contribution in [0.25, 0.3) is 0 Å². The second-order valence-electron chi connectivity index (χ2n) is 4.69. The molecule has 1 heterocycles. The summed E-state index contributed by atoms with van der Waals surface area (Å²) >= 11 is 7.56. The number of hydrogen-bond donors (Lipinski definition) is 0. The van der Waals surface area contributed by atoms with E-state index in [0.29, 0.717) is 22.4 Å². The topological polar surface area (TPSA) is 30.0 Å². The lowest BCUT2D eigenvalue weighted by atomic mass is 10.2. The molecule has 0 N–H and O–H groups in total. The van der Waals surface area contributed by atoms with Crippen LogP contribution in [0.4, 0.5) is 0 Å². The van der Waals surface area contributed by atoms with Gasteiger partial charge in [-0.2, -0.15) is 0 Å². The van der Waals surface area contributed by atoms with Gasteiger partial charge in [0.2, 0.25) is 0 Å². The standard InChI is InChI=1S/C14H16ClNOS2/c1-10(2)14-16-13(7-18-14)9-19(17)8-11-4-3-5-12(15)6-11/h3-7,10H,8-9H2,1-2H3. The summed E-state index contributed by atoms with van der Waals surface area (Å²) in [6.45, 7) is 4.23. The molecule has 2 rings (SSSR count). The van der Waals surface area contributed by atoms with E-state index in [0.717, 1.165) is 16.3 Å². The van der Waals surface area contributed by atoms with Crippen LogP contribution < -0.4 is 0 Å². The van der Waals surface area contributed by atoms with Crippen molar-refractivity contribution in [2.24, 2.45) is 0 Å². The van der Waals surface area contributed by atoms with Crippen molar-refractivity contribution < 1.29 is 4.21 Å². The summed E-state index contributed by atoms with van der Waals surface area (Å²) in [5.74, 6) is 1.46. The Morgan fingerprint density at radius 3 is 2.79 bits per heavy atom. The van der Waals surface area contributed by atoms with Gasteiger partial charge in [-0.1, -0.05) is 37.6 Å². The van der Waals surface area contributed by atoms with Crippen LogP contribution >= 0.6 is 22.9 Å². The van der Waals surface area contributed by atoms with E-state index in [1.54, 1.807) is 11.3 Å². The highest BCUT2D eigenvalue weighted by atomic mass is 35.5. The van der Waals surface area contributed by atoms with Crippen molar-refractivity contribution in [1.29, 1.82) is 0 Å². The minimum atomic E-state index is -0.945. The van der Waals surface area contributed by atoms with Crippen LogP contribution in [0, 0.1) is 0 Å². The van der Waals surface area contributed by atoms with E-state index in [1.165, 1.54) is 0 Å². The molecule has 0 fully saturated rings. The average molecular weight is 314 g/mol. The van der Waals surface area contributed by atoms with Crippen LogP contribution in [-0.2, 0) is 22.3 Å². The van der Waals surface area contributed by atoms with Gasteiger partial charge in [-0.15, -0.1) is 11.3 Å². The second-order valence-corrected chi connectivity index (χ2v) is 7.47. The molecule has 2 nitrogen and oxygen atoms in total. The maximum atomic E-state index is 12.1. The van der Waals surface area contributed by atoms with E-state index in [9.17, 15) is 4.21 Å². The molecule has 1 aromatic heterocycles. The average Bonchev–Trinajstić information content (AvgIpc) is 2.77. The minimum absolute atomic E-state index is 0.431. The first-order valence-electron chi connectivity index (χ1n) is 6.08. The molecule has 0 spiro atoms. The molecule has 0 aliphatic carbocycles. The SMILES string of the molecule is CC(C)c1nc(CS(=O)Cc2cccc(Cl)c2)cs1. The molecule has 1 atom stereocenters. The summed E-state index contributed by atoms with van der Waals surface area (Å²) in [7, 11) is -0.945. The molecule has 0 aliphatic rings. The van der Waals surface area contributed by atoms with Crippen LogP contribution in [0.3, 0.4) is 0 Å². The fourth-order valence-electron chi connectivity index (χ4n) is 1.68. The van der Waals surface area contributed by atoms with Crippen LogP contribution in [-0.4, -0.2) is 9.19 Å². The highest BCUT2D eigenvalue weighted by molar-refractivity contribution is 7.83. The molecule has 1 unspecified atom stereocenters. The normalized spacial score (nSPS) is 12.8. The fraction of sp³-hybridized carbons (Fsp3) is 0.357. The molecule has 0 aliphatic heterocycles. The number of benzene rings is 1. The molecular weight excluding hydrogens is 298 g/mol. The Hall–Kier alpha value is -0.710. The molecule has 0 radical (unpaired) electrons. The summed E-state index contributed by atoms with van der Waals surface area (Å²) < 4.78 is 12.1. The van der Waals surface area contributed by atoms with E-state index < -0.39 is 10.8 Å². The Labute approximate surface area is 125 Å². The lowest BCUT2D eigenvalue weighted by molar-refractivity contribution is 0.681. The maximum absolute atomic E-state index is 12.1. The van der Waals surface area contributed by atoms with Gasteiger partial charge in [0.25, 0.3) is 0 Å². The van der Waals surface area contributed by atoms with Gasteiger partial charge in [0.1, 0.15) is 0 Å². The quantitative estimate of drug-likeness (QED) is 0.820. The third-order valence-electron chi connectivity index (χ3n) is 2.59. The highest BCUT2D eigenvalue weighted by Gasteiger charge is 2.09. The highest BCUT2D eigenvalue weighted by Crippen LogP contribution is 2.20. The van der Waals surface area contributed by atoms with E-state index >= 15 is 0 Å². The molecule has 0 saturated heterocycles. The van der Waals surface area contributed by atoms with Gasteiger partial charge in [0, 0.05) is 32.9 Å². The van der Waals surface area contributed by atoms with Gasteiger partial charge < -0.3 is 0 Å². The molecule has 2 aromatic rings. The molecule has 0 bridgehead atoms. The fourth-order valence-corrected chi connectivity index (χ4v) is 3.97. The van der Waals surface area contributed by atoms with Crippen molar-refractivity contribution in [3.63, 3.8) is 0 Å². The number of halogens is 1. The zero-order valence-electron chi connectivity index (χ0n) is 10.9. The third kappa shape index (κ3) is 4.41. The number of hydrogen-bond acceptors (Lipinski definition) is 3. The number of nitrogens with zero attached hydrogens (tertiary/aromatic N) is 1. The van der Waals surface area contributed by atoms with Gasteiger partial charge in [-0.25, -0.2) is 4.98 Å². The summed E-state index contributed by atoms with van der Waals surface area (Å²) in [5.41, 5.74) is 1.93. The van der Waals surface area contributed by atoms with Gasteiger partial charge in [-0.3, -0.25) is 4.21 Å². The number of aromatic nitrogens is 1. The number of rotatable bonds is 5. The molecule has 0 amide bonds. The molecule has 1 aromatic carbocycles. The number of thiazole rings is 1. The Morgan fingerprint density at radius 1 is 1.37 bits per heavy atom. The largest absolute Gasteiger partial charge is 0.259 e. The molecule has 0 saturated carbocycles. The van der Waals surface area contributed by atoms with Crippen LogP contribution in [0.15, 0.2) is 29.6 Å². The van der Waals surface area contributed by atoms with Crippen molar-refractivity contribution in [2.45, 2.75) is 31.3 Å². The molecule has 5 heteroatoms. The van der Waals surface area contributed by atoms with Crippen molar-refractivity contribution in [3.8, 4) is 0 Å². The van der Waals surface area contributed by atoms with E-state index in [-0.39, 0.29) is 0 Å².